The lowest BCUT2D eigenvalue weighted by Gasteiger charge is -2.40. The number of nitrogens with zero attached hydrogens (tertiary/aromatic N) is 1. The van der Waals surface area contributed by atoms with Crippen LogP contribution in [0.3, 0.4) is 0 Å². The zero-order chi connectivity index (χ0) is 13.3. The molecule has 0 aliphatic carbocycles. The summed E-state index contributed by atoms with van der Waals surface area (Å²) in [6.07, 6.45) is 0. The Kier molecular flexibility index (Phi) is 3.64. The summed E-state index contributed by atoms with van der Waals surface area (Å²) >= 11 is 3.42. The van der Waals surface area contributed by atoms with E-state index < -0.39 is 0 Å². The fourth-order valence-corrected chi connectivity index (χ4v) is 2.58. The van der Waals surface area contributed by atoms with Gasteiger partial charge in [-0.2, -0.15) is 0 Å². The van der Waals surface area contributed by atoms with E-state index in [9.17, 15) is 0 Å². The molecule has 0 unspecified atom stereocenters. The Morgan fingerprint density at radius 2 is 2.22 bits per heavy atom. The molecular weight excluding hydrogens is 294 g/mol. The van der Waals surface area contributed by atoms with Crippen LogP contribution in [-0.2, 0) is 4.74 Å². The fraction of sp³-hybridized carbons (Fsp3) is 0.462. The molecule has 1 aromatic carbocycles. The third kappa shape index (κ3) is 2.84. The highest BCUT2D eigenvalue weighted by atomic mass is 79.9. The molecular formula is C13H18BrN3O. The number of rotatable bonds is 2. The van der Waals surface area contributed by atoms with Gasteiger partial charge in [0.1, 0.15) is 5.84 Å². The summed E-state index contributed by atoms with van der Waals surface area (Å²) < 4.78 is 6.64. The number of anilines is 1. The summed E-state index contributed by atoms with van der Waals surface area (Å²) in [7, 11) is 0. The van der Waals surface area contributed by atoms with Crippen molar-refractivity contribution in [2.75, 3.05) is 24.6 Å². The molecule has 98 valence electrons. The van der Waals surface area contributed by atoms with E-state index in [4.69, 9.17) is 15.9 Å². The van der Waals surface area contributed by atoms with Crippen molar-refractivity contribution < 1.29 is 4.74 Å². The van der Waals surface area contributed by atoms with Crippen molar-refractivity contribution >= 4 is 27.5 Å². The first-order valence-corrected chi connectivity index (χ1v) is 6.71. The van der Waals surface area contributed by atoms with Crippen LogP contribution in [0, 0.1) is 5.41 Å². The standard InChI is InChI=1S/C13H18BrN3O/c1-13(2)8-17(5-6-18-13)11-4-3-9(14)7-10(11)12(15)16/h3-4,7H,5-6,8H2,1-2H3,(H3,15,16). The molecule has 0 atom stereocenters. The number of hydrogen-bond donors (Lipinski definition) is 2. The molecule has 0 aromatic heterocycles. The largest absolute Gasteiger partial charge is 0.384 e. The van der Waals surface area contributed by atoms with Gasteiger partial charge >= 0.3 is 0 Å². The van der Waals surface area contributed by atoms with Gasteiger partial charge in [-0.3, -0.25) is 5.41 Å². The van der Waals surface area contributed by atoms with E-state index >= 15 is 0 Å². The molecule has 0 spiro atoms. The Hall–Kier alpha value is -1.07. The van der Waals surface area contributed by atoms with Crippen LogP contribution in [0.2, 0.25) is 0 Å². The predicted octanol–water partition coefficient (Wildman–Crippen LogP) is 2.35. The Morgan fingerprint density at radius 1 is 1.50 bits per heavy atom. The molecule has 0 bridgehead atoms. The van der Waals surface area contributed by atoms with Crippen molar-refractivity contribution in [1.29, 1.82) is 5.41 Å². The summed E-state index contributed by atoms with van der Waals surface area (Å²) in [5.41, 5.74) is 7.26. The van der Waals surface area contributed by atoms with Crippen molar-refractivity contribution in [3.63, 3.8) is 0 Å². The van der Waals surface area contributed by atoms with Gasteiger partial charge in [-0.1, -0.05) is 15.9 Å². The summed E-state index contributed by atoms with van der Waals surface area (Å²) in [4.78, 5) is 2.23. The average molecular weight is 312 g/mol. The Labute approximate surface area is 116 Å². The van der Waals surface area contributed by atoms with Gasteiger partial charge in [-0.05, 0) is 32.0 Å². The number of nitrogen functional groups attached to an aromatic ring is 1. The normalized spacial score (nSPS) is 18.7. The molecule has 0 amide bonds. The first kappa shape index (κ1) is 13.4. The molecule has 5 heteroatoms. The van der Waals surface area contributed by atoms with Crippen LogP contribution < -0.4 is 10.6 Å². The maximum atomic E-state index is 7.69. The van der Waals surface area contributed by atoms with E-state index in [-0.39, 0.29) is 11.4 Å². The van der Waals surface area contributed by atoms with E-state index in [1.54, 1.807) is 0 Å². The summed E-state index contributed by atoms with van der Waals surface area (Å²) in [6, 6.07) is 5.87. The van der Waals surface area contributed by atoms with Crippen LogP contribution in [0.4, 0.5) is 5.69 Å². The molecule has 1 aromatic rings. The van der Waals surface area contributed by atoms with Gasteiger partial charge in [0.2, 0.25) is 0 Å². The average Bonchev–Trinajstić information content (AvgIpc) is 2.27. The van der Waals surface area contributed by atoms with E-state index in [0.717, 1.165) is 28.8 Å². The highest BCUT2D eigenvalue weighted by molar-refractivity contribution is 9.10. The van der Waals surface area contributed by atoms with Crippen molar-refractivity contribution in [2.45, 2.75) is 19.4 Å². The van der Waals surface area contributed by atoms with Gasteiger partial charge in [0, 0.05) is 28.8 Å². The molecule has 1 fully saturated rings. The lowest BCUT2D eigenvalue weighted by atomic mass is 10.0. The number of morpholine rings is 1. The number of ether oxygens (including phenoxy) is 1. The third-order valence-corrected chi connectivity index (χ3v) is 3.51. The van der Waals surface area contributed by atoms with E-state index in [2.05, 4.69) is 34.7 Å². The molecule has 18 heavy (non-hydrogen) atoms. The van der Waals surface area contributed by atoms with Crippen LogP contribution >= 0.6 is 15.9 Å². The minimum Gasteiger partial charge on any atom is -0.384 e. The number of nitrogens with two attached hydrogens (primary N) is 1. The van der Waals surface area contributed by atoms with Gasteiger partial charge < -0.3 is 15.4 Å². The van der Waals surface area contributed by atoms with Crippen LogP contribution in [0.25, 0.3) is 0 Å². The van der Waals surface area contributed by atoms with Gasteiger partial charge in [-0.25, -0.2) is 0 Å². The first-order chi connectivity index (χ1) is 8.39. The Bertz CT molecular complexity index is 473. The van der Waals surface area contributed by atoms with Gasteiger partial charge in [0.15, 0.2) is 0 Å². The predicted molar refractivity (Wildman–Crippen MR) is 77.4 cm³/mol. The van der Waals surface area contributed by atoms with Gasteiger partial charge in [0.05, 0.1) is 12.2 Å². The number of benzene rings is 1. The smallest absolute Gasteiger partial charge is 0.124 e. The number of halogens is 1. The van der Waals surface area contributed by atoms with E-state index in [1.165, 1.54) is 0 Å². The number of hydrogen-bond acceptors (Lipinski definition) is 3. The molecule has 4 nitrogen and oxygen atoms in total. The van der Waals surface area contributed by atoms with E-state index in [0.29, 0.717) is 6.61 Å². The molecule has 0 radical (unpaired) electrons. The SMILES string of the molecule is CC1(C)CN(c2ccc(Br)cc2C(=N)N)CCO1. The molecule has 1 aliphatic heterocycles. The van der Waals surface area contributed by atoms with E-state index in [1.807, 2.05) is 18.2 Å². The second-order valence-corrected chi connectivity index (χ2v) is 6.02. The summed E-state index contributed by atoms with van der Waals surface area (Å²) in [6.45, 7) is 6.47. The quantitative estimate of drug-likeness (QED) is 0.651. The molecule has 0 saturated carbocycles. The van der Waals surface area contributed by atoms with Crippen LogP contribution in [0.1, 0.15) is 19.4 Å². The Morgan fingerprint density at radius 3 is 2.83 bits per heavy atom. The van der Waals surface area contributed by atoms with Crippen LogP contribution in [0.15, 0.2) is 22.7 Å². The molecule has 1 aliphatic rings. The highest BCUT2D eigenvalue weighted by Crippen LogP contribution is 2.28. The molecule has 1 saturated heterocycles. The lowest BCUT2D eigenvalue weighted by molar-refractivity contribution is -0.0277. The molecule has 3 N–H and O–H groups in total. The molecule has 1 heterocycles. The zero-order valence-electron chi connectivity index (χ0n) is 10.7. The fourth-order valence-electron chi connectivity index (χ4n) is 2.22. The second kappa shape index (κ2) is 4.90. The zero-order valence-corrected chi connectivity index (χ0v) is 12.3. The maximum Gasteiger partial charge on any atom is 0.124 e. The maximum absolute atomic E-state index is 7.69. The number of amidine groups is 1. The highest BCUT2D eigenvalue weighted by Gasteiger charge is 2.28. The monoisotopic (exact) mass is 311 g/mol. The third-order valence-electron chi connectivity index (χ3n) is 3.02. The first-order valence-electron chi connectivity index (χ1n) is 5.92. The number of nitrogens with one attached hydrogen (secondary N) is 1. The van der Waals surface area contributed by atoms with Crippen molar-refractivity contribution in [3.8, 4) is 0 Å². The minimum absolute atomic E-state index is 0.0931. The Balaban J connectivity index is 2.35. The van der Waals surface area contributed by atoms with Crippen LogP contribution in [-0.4, -0.2) is 31.1 Å². The molecule has 2 rings (SSSR count). The van der Waals surface area contributed by atoms with Gasteiger partial charge in [0.25, 0.3) is 0 Å². The second-order valence-electron chi connectivity index (χ2n) is 5.10. The van der Waals surface area contributed by atoms with Gasteiger partial charge in [-0.15, -0.1) is 0 Å². The van der Waals surface area contributed by atoms with Crippen molar-refractivity contribution in [1.82, 2.24) is 0 Å². The topological polar surface area (TPSA) is 62.3 Å². The van der Waals surface area contributed by atoms with Crippen molar-refractivity contribution in [3.05, 3.63) is 28.2 Å². The van der Waals surface area contributed by atoms with Crippen molar-refractivity contribution in [2.24, 2.45) is 5.73 Å². The summed E-state index contributed by atoms with van der Waals surface area (Å²) in [5, 5.41) is 7.69. The van der Waals surface area contributed by atoms with Crippen LogP contribution in [0.5, 0.6) is 0 Å². The summed E-state index contributed by atoms with van der Waals surface area (Å²) in [5.74, 6) is 0.0931. The minimum atomic E-state index is -0.167. The lowest BCUT2D eigenvalue weighted by Crippen LogP contribution is -2.48.